The van der Waals surface area contributed by atoms with Crippen molar-refractivity contribution in [2.45, 2.75) is 53.6 Å². The molecule has 2 aromatic carbocycles. The van der Waals surface area contributed by atoms with Crippen molar-refractivity contribution >= 4 is 16.7 Å². The van der Waals surface area contributed by atoms with Crippen LogP contribution >= 0.6 is 0 Å². The van der Waals surface area contributed by atoms with E-state index in [1.807, 2.05) is 19.1 Å². The number of carbonyl (C=O) groups excluding carboxylic acids is 1. The molecule has 0 radical (unpaired) electrons. The summed E-state index contributed by atoms with van der Waals surface area (Å²) in [6.07, 6.45) is 1.62. The number of esters is 1. The van der Waals surface area contributed by atoms with E-state index in [4.69, 9.17) is 4.74 Å². The predicted octanol–water partition coefficient (Wildman–Crippen LogP) is 5.91. The molecule has 1 saturated carbocycles. The molecule has 2 atom stereocenters. The van der Waals surface area contributed by atoms with E-state index in [0.717, 1.165) is 18.4 Å². The zero-order valence-electron chi connectivity index (χ0n) is 15.4. The second kappa shape index (κ2) is 5.91. The van der Waals surface area contributed by atoms with Gasteiger partial charge in [0.2, 0.25) is 0 Å². The lowest BCUT2D eigenvalue weighted by Crippen LogP contribution is -2.26. The van der Waals surface area contributed by atoms with E-state index in [2.05, 4.69) is 58.0 Å². The fraction of sp³-hybridized carbons (Fsp3) is 0.500. The fourth-order valence-electron chi connectivity index (χ4n) is 3.99. The molecule has 128 valence electrons. The average Bonchev–Trinajstić information content (AvgIpc) is 3.08. The Labute approximate surface area is 145 Å². The summed E-state index contributed by atoms with van der Waals surface area (Å²) < 4.78 is 5.91. The second-order valence-electron chi connectivity index (χ2n) is 8.39. The molecule has 0 amide bonds. The third-order valence-corrected chi connectivity index (χ3v) is 5.59. The highest BCUT2D eigenvalue weighted by Gasteiger charge is 2.67. The minimum absolute atomic E-state index is 0.0261. The van der Waals surface area contributed by atoms with Gasteiger partial charge in [0.25, 0.3) is 0 Å². The second-order valence-corrected chi connectivity index (χ2v) is 8.39. The van der Waals surface area contributed by atoms with E-state index in [-0.39, 0.29) is 22.9 Å². The number of hydrogen-bond donors (Lipinski definition) is 0. The van der Waals surface area contributed by atoms with E-state index in [9.17, 15) is 4.79 Å². The quantitative estimate of drug-likeness (QED) is 0.639. The SMILES string of the molecule is CC(C)CC1(C(=O)OC(C)c2ccc3ccccc3c2)CC1(C)C. The van der Waals surface area contributed by atoms with E-state index < -0.39 is 0 Å². The summed E-state index contributed by atoms with van der Waals surface area (Å²) in [7, 11) is 0. The zero-order valence-corrected chi connectivity index (χ0v) is 15.4. The number of hydrogen-bond acceptors (Lipinski definition) is 2. The topological polar surface area (TPSA) is 26.3 Å². The van der Waals surface area contributed by atoms with Crippen molar-refractivity contribution in [1.82, 2.24) is 0 Å². The minimum atomic E-state index is -0.299. The Bertz CT molecular complexity index is 759. The van der Waals surface area contributed by atoms with Gasteiger partial charge in [-0.05, 0) is 53.5 Å². The van der Waals surface area contributed by atoms with Crippen molar-refractivity contribution < 1.29 is 9.53 Å². The van der Waals surface area contributed by atoms with Crippen LogP contribution in [0.15, 0.2) is 42.5 Å². The van der Waals surface area contributed by atoms with E-state index >= 15 is 0 Å². The van der Waals surface area contributed by atoms with E-state index in [1.165, 1.54) is 10.8 Å². The van der Waals surface area contributed by atoms with Crippen LogP contribution in [0.3, 0.4) is 0 Å². The van der Waals surface area contributed by atoms with Gasteiger partial charge in [-0.1, -0.05) is 64.1 Å². The largest absolute Gasteiger partial charge is 0.457 e. The first-order valence-corrected chi connectivity index (χ1v) is 8.95. The van der Waals surface area contributed by atoms with Crippen LogP contribution < -0.4 is 0 Å². The summed E-state index contributed by atoms with van der Waals surface area (Å²) in [6.45, 7) is 10.7. The maximum absolute atomic E-state index is 12.9. The molecule has 1 fully saturated rings. The molecule has 1 aliphatic carbocycles. The van der Waals surface area contributed by atoms with Gasteiger partial charge in [-0.15, -0.1) is 0 Å². The Morgan fingerprint density at radius 1 is 1.08 bits per heavy atom. The molecule has 0 aromatic heterocycles. The molecule has 0 N–H and O–H groups in total. The van der Waals surface area contributed by atoms with Gasteiger partial charge < -0.3 is 4.74 Å². The van der Waals surface area contributed by atoms with Crippen LogP contribution in [0, 0.1) is 16.7 Å². The van der Waals surface area contributed by atoms with Crippen LogP contribution in [0.1, 0.15) is 59.1 Å². The van der Waals surface area contributed by atoms with E-state index in [0.29, 0.717) is 5.92 Å². The summed E-state index contributed by atoms with van der Waals surface area (Å²) in [5, 5.41) is 2.39. The van der Waals surface area contributed by atoms with Crippen LogP contribution in [0.5, 0.6) is 0 Å². The third-order valence-electron chi connectivity index (χ3n) is 5.59. The highest BCUT2D eigenvalue weighted by Crippen LogP contribution is 2.67. The van der Waals surface area contributed by atoms with Crippen LogP contribution in [0.25, 0.3) is 10.8 Å². The van der Waals surface area contributed by atoms with Crippen molar-refractivity contribution in [3.8, 4) is 0 Å². The summed E-state index contributed by atoms with van der Waals surface area (Å²) >= 11 is 0. The Kier molecular flexibility index (Phi) is 4.19. The number of ether oxygens (including phenoxy) is 1. The third kappa shape index (κ3) is 2.94. The van der Waals surface area contributed by atoms with Crippen LogP contribution in [0.4, 0.5) is 0 Å². The highest BCUT2D eigenvalue weighted by molar-refractivity contribution is 5.84. The Morgan fingerprint density at radius 3 is 2.29 bits per heavy atom. The molecule has 0 bridgehead atoms. The van der Waals surface area contributed by atoms with Crippen molar-refractivity contribution in [2.24, 2.45) is 16.7 Å². The highest BCUT2D eigenvalue weighted by atomic mass is 16.5. The van der Waals surface area contributed by atoms with Gasteiger partial charge in [-0.25, -0.2) is 0 Å². The van der Waals surface area contributed by atoms with Crippen molar-refractivity contribution in [3.05, 3.63) is 48.0 Å². The lowest BCUT2D eigenvalue weighted by molar-refractivity contribution is -0.157. The number of rotatable bonds is 5. The molecule has 2 aromatic rings. The molecule has 2 heteroatoms. The van der Waals surface area contributed by atoms with Gasteiger partial charge >= 0.3 is 5.97 Å². The molecular weight excluding hydrogens is 296 g/mol. The van der Waals surface area contributed by atoms with Gasteiger partial charge in [0.15, 0.2) is 0 Å². The van der Waals surface area contributed by atoms with Crippen LogP contribution in [0.2, 0.25) is 0 Å². The molecule has 0 heterocycles. The molecular formula is C22H28O2. The number of benzene rings is 2. The average molecular weight is 324 g/mol. The van der Waals surface area contributed by atoms with Gasteiger partial charge in [0.1, 0.15) is 6.10 Å². The Hall–Kier alpha value is -1.83. The molecule has 24 heavy (non-hydrogen) atoms. The molecule has 2 nitrogen and oxygen atoms in total. The van der Waals surface area contributed by atoms with Crippen molar-refractivity contribution in [1.29, 1.82) is 0 Å². The normalized spacial score (nSPS) is 23.2. The van der Waals surface area contributed by atoms with Crippen LogP contribution in [-0.4, -0.2) is 5.97 Å². The molecule has 3 rings (SSSR count). The molecule has 0 aliphatic heterocycles. The Morgan fingerprint density at radius 2 is 1.71 bits per heavy atom. The first kappa shape index (κ1) is 17.0. The van der Waals surface area contributed by atoms with Crippen LogP contribution in [-0.2, 0) is 9.53 Å². The van der Waals surface area contributed by atoms with Gasteiger partial charge in [0.05, 0.1) is 5.41 Å². The van der Waals surface area contributed by atoms with Gasteiger partial charge in [0, 0.05) is 0 Å². The standard InChI is InChI=1S/C22H28O2/c1-15(2)13-22(14-21(22,4)5)20(23)24-16(3)18-11-10-17-8-6-7-9-19(17)12-18/h6-12,15-16H,13-14H2,1-5H3. The molecule has 0 saturated heterocycles. The van der Waals surface area contributed by atoms with Gasteiger partial charge in [-0.2, -0.15) is 0 Å². The lowest BCUT2D eigenvalue weighted by atomic mass is 9.87. The van der Waals surface area contributed by atoms with Crippen molar-refractivity contribution in [3.63, 3.8) is 0 Å². The number of carbonyl (C=O) groups is 1. The zero-order chi connectivity index (χ0) is 17.5. The molecule has 0 spiro atoms. The summed E-state index contributed by atoms with van der Waals surface area (Å²) in [5.74, 6) is 0.470. The Balaban J connectivity index is 1.78. The summed E-state index contributed by atoms with van der Waals surface area (Å²) in [5.41, 5.74) is 0.809. The van der Waals surface area contributed by atoms with Crippen molar-refractivity contribution in [2.75, 3.05) is 0 Å². The maximum Gasteiger partial charge on any atom is 0.313 e. The summed E-state index contributed by atoms with van der Waals surface area (Å²) in [6, 6.07) is 14.6. The van der Waals surface area contributed by atoms with E-state index in [1.54, 1.807) is 0 Å². The van der Waals surface area contributed by atoms with Gasteiger partial charge in [-0.3, -0.25) is 4.79 Å². The monoisotopic (exact) mass is 324 g/mol. The predicted molar refractivity (Wildman–Crippen MR) is 98.7 cm³/mol. The molecule has 1 aliphatic rings. The summed E-state index contributed by atoms with van der Waals surface area (Å²) in [4.78, 5) is 12.9. The molecule has 2 unspecified atom stereocenters. The lowest BCUT2D eigenvalue weighted by Gasteiger charge is -2.24. The first-order valence-electron chi connectivity index (χ1n) is 8.95. The minimum Gasteiger partial charge on any atom is -0.457 e. The number of fused-ring (bicyclic) bond motifs is 1. The fourth-order valence-corrected chi connectivity index (χ4v) is 3.99. The first-order chi connectivity index (χ1) is 11.2. The maximum atomic E-state index is 12.9. The smallest absolute Gasteiger partial charge is 0.313 e.